The predicted molar refractivity (Wildman–Crippen MR) is 67.2 cm³/mol. The lowest BCUT2D eigenvalue weighted by molar-refractivity contribution is 0.236. The van der Waals surface area contributed by atoms with Gasteiger partial charge in [0.2, 0.25) is 0 Å². The number of thiocarbonyl (C=S) groups is 1. The molecule has 0 aliphatic rings. The Labute approximate surface area is 96.4 Å². The highest BCUT2D eigenvalue weighted by molar-refractivity contribution is 7.80. The van der Waals surface area contributed by atoms with E-state index in [0.29, 0.717) is 11.6 Å². The Balaban J connectivity index is 2.61. The Morgan fingerprint density at radius 2 is 2.13 bits per heavy atom. The first-order valence-electron chi connectivity index (χ1n) is 4.91. The molecule has 0 bridgehead atoms. The van der Waals surface area contributed by atoms with Crippen molar-refractivity contribution in [1.82, 2.24) is 0 Å². The van der Waals surface area contributed by atoms with Crippen molar-refractivity contribution < 1.29 is 4.74 Å². The molecule has 0 saturated heterocycles. The van der Waals surface area contributed by atoms with Gasteiger partial charge in [0.25, 0.3) is 0 Å². The van der Waals surface area contributed by atoms with Crippen molar-refractivity contribution in [2.75, 3.05) is 6.61 Å². The number of aryl methyl sites for hydroxylation is 1. The molecule has 0 saturated carbocycles. The number of ether oxygens (including phenoxy) is 1. The molecule has 1 rings (SSSR count). The van der Waals surface area contributed by atoms with Crippen molar-refractivity contribution >= 4 is 17.2 Å². The topological polar surface area (TPSA) is 35.2 Å². The molecule has 0 heterocycles. The van der Waals surface area contributed by atoms with Crippen LogP contribution in [0.2, 0.25) is 0 Å². The third-order valence-corrected chi connectivity index (χ3v) is 2.81. The predicted octanol–water partition coefficient (Wildman–Crippen LogP) is 2.69. The minimum Gasteiger partial charge on any atom is -0.493 e. The van der Waals surface area contributed by atoms with Crippen molar-refractivity contribution in [3.8, 4) is 5.75 Å². The summed E-state index contributed by atoms with van der Waals surface area (Å²) in [5.41, 5.74) is 6.53. The summed E-state index contributed by atoms with van der Waals surface area (Å²) in [5, 5.41) is 0. The Morgan fingerprint density at radius 1 is 1.47 bits per heavy atom. The summed E-state index contributed by atoms with van der Waals surface area (Å²) >= 11 is 4.97. The summed E-state index contributed by atoms with van der Waals surface area (Å²) in [4.78, 5) is 0.482. The number of rotatable bonds is 4. The molecule has 0 aliphatic carbocycles. The Kier molecular flexibility index (Phi) is 3.69. The first kappa shape index (κ1) is 12.0. The van der Waals surface area contributed by atoms with E-state index >= 15 is 0 Å². The molecule has 0 aliphatic heterocycles. The number of hydrogen-bond donors (Lipinski definition) is 1. The van der Waals surface area contributed by atoms with Gasteiger partial charge in [0.05, 0.1) is 11.6 Å². The van der Waals surface area contributed by atoms with Crippen LogP contribution >= 0.6 is 12.2 Å². The molecule has 0 aromatic heterocycles. The summed E-state index contributed by atoms with van der Waals surface area (Å²) in [5.74, 6) is 0.860. The molecule has 3 heteroatoms. The van der Waals surface area contributed by atoms with Crippen LogP contribution in [0, 0.1) is 12.3 Å². The highest BCUT2D eigenvalue weighted by atomic mass is 32.1. The highest BCUT2D eigenvalue weighted by Gasteiger charge is 2.22. The van der Waals surface area contributed by atoms with E-state index in [1.807, 2.05) is 45.0 Å². The molecule has 0 fully saturated rings. The lowest BCUT2D eigenvalue weighted by Crippen LogP contribution is -2.35. The summed E-state index contributed by atoms with van der Waals surface area (Å²) in [6.45, 7) is 6.49. The molecule has 0 atom stereocenters. The second-order valence-electron chi connectivity index (χ2n) is 4.35. The van der Waals surface area contributed by atoms with Gasteiger partial charge in [-0.05, 0) is 24.6 Å². The van der Waals surface area contributed by atoms with Crippen molar-refractivity contribution in [1.29, 1.82) is 0 Å². The third-order valence-electron chi connectivity index (χ3n) is 2.26. The fraction of sp³-hybridized carbons (Fsp3) is 0.417. The molecule has 0 unspecified atom stereocenters. The third kappa shape index (κ3) is 3.51. The van der Waals surface area contributed by atoms with Gasteiger partial charge in [-0.25, -0.2) is 0 Å². The van der Waals surface area contributed by atoms with Crippen molar-refractivity contribution in [3.63, 3.8) is 0 Å². The van der Waals surface area contributed by atoms with Crippen LogP contribution < -0.4 is 10.5 Å². The fourth-order valence-electron chi connectivity index (χ4n) is 1.04. The average molecular weight is 223 g/mol. The van der Waals surface area contributed by atoms with Crippen LogP contribution in [-0.2, 0) is 0 Å². The molecule has 2 N–H and O–H groups in total. The van der Waals surface area contributed by atoms with Crippen LogP contribution in [0.5, 0.6) is 5.75 Å². The molecular formula is C12H17NOS. The summed E-state index contributed by atoms with van der Waals surface area (Å²) in [6, 6.07) is 7.93. The maximum absolute atomic E-state index is 5.65. The van der Waals surface area contributed by atoms with Crippen LogP contribution in [0.4, 0.5) is 0 Å². The number of benzene rings is 1. The molecule has 0 radical (unpaired) electrons. The van der Waals surface area contributed by atoms with E-state index in [1.165, 1.54) is 5.56 Å². The van der Waals surface area contributed by atoms with Gasteiger partial charge in [0, 0.05) is 5.41 Å². The quantitative estimate of drug-likeness (QED) is 0.797. The number of hydrogen-bond acceptors (Lipinski definition) is 2. The Morgan fingerprint density at radius 3 is 2.67 bits per heavy atom. The maximum atomic E-state index is 5.65. The Hall–Kier alpha value is -1.09. The second kappa shape index (κ2) is 4.62. The zero-order valence-electron chi connectivity index (χ0n) is 9.41. The van der Waals surface area contributed by atoms with E-state index < -0.39 is 0 Å². The molecule has 0 spiro atoms. The van der Waals surface area contributed by atoms with E-state index in [2.05, 4.69) is 0 Å². The van der Waals surface area contributed by atoms with E-state index in [1.54, 1.807) is 0 Å². The van der Waals surface area contributed by atoms with E-state index in [4.69, 9.17) is 22.7 Å². The lowest BCUT2D eigenvalue weighted by atomic mass is 9.95. The fourth-order valence-corrected chi connectivity index (χ4v) is 1.10. The molecule has 1 aromatic carbocycles. The van der Waals surface area contributed by atoms with Crippen LogP contribution in [-0.4, -0.2) is 11.6 Å². The van der Waals surface area contributed by atoms with Gasteiger partial charge < -0.3 is 10.5 Å². The van der Waals surface area contributed by atoms with Gasteiger partial charge in [-0.3, -0.25) is 0 Å². The van der Waals surface area contributed by atoms with Gasteiger partial charge in [-0.1, -0.05) is 38.2 Å². The second-order valence-corrected chi connectivity index (χ2v) is 4.79. The van der Waals surface area contributed by atoms with Crippen molar-refractivity contribution in [2.45, 2.75) is 20.8 Å². The van der Waals surface area contributed by atoms with E-state index in [0.717, 1.165) is 5.75 Å². The molecule has 15 heavy (non-hydrogen) atoms. The van der Waals surface area contributed by atoms with Crippen molar-refractivity contribution in [3.05, 3.63) is 29.8 Å². The first-order chi connectivity index (χ1) is 6.92. The monoisotopic (exact) mass is 223 g/mol. The number of nitrogens with two attached hydrogens (primary N) is 1. The van der Waals surface area contributed by atoms with Gasteiger partial charge in [-0.2, -0.15) is 0 Å². The van der Waals surface area contributed by atoms with Crippen LogP contribution in [0.3, 0.4) is 0 Å². The maximum Gasteiger partial charge on any atom is 0.119 e. The van der Waals surface area contributed by atoms with Crippen LogP contribution in [0.15, 0.2) is 24.3 Å². The minimum atomic E-state index is -0.265. The molecule has 1 aromatic rings. The first-order valence-corrected chi connectivity index (χ1v) is 5.32. The smallest absolute Gasteiger partial charge is 0.119 e. The van der Waals surface area contributed by atoms with Crippen molar-refractivity contribution in [2.24, 2.45) is 11.1 Å². The summed E-state index contributed by atoms with van der Waals surface area (Å²) < 4.78 is 5.65. The normalized spacial score (nSPS) is 11.1. The van der Waals surface area contributed by atoms with Gasteiger partial charge in [0.15, 0.2) is 0 Å². The molecular weight excluding hydrogens is 206 g/mol. The van der Waals surface area contributed by atoms with Crippen LogP contribution in [0.1, 0.15) is 19.4 Å². The SMILES string of the molecule is Cc1cccc(OCC(C)(C)C(N)=S)c1. The molecule has 2 nitrogen and oxygen atoms in total. The van der Waals surface area contributed by atoms with Gasteiger partial charge >= 0.3 is 0 Å². The Bertz CT molecular complexity index is 360. The average Bonchev–Trinajstić information content (AvgIpc) is 2.15. The zero-order chi connectivity index (χ0) is 11.5. The summed E-state index contributed by atoms with van der Waals surface area (Å²) in [6.07, 6.45) is 0. The van der Waals surface area contributed by atoms with E-state index in [9.17, 15) is 0 Å². The standard InChI is InChI=1S/C12H17NOS/c1-9-5-4-6-10(7-9)14-8-12(2,3)11(13)15/h4-7H,8H2,1-3H3,(H2,13,15). The zero-order valence-corrected chi connectivity index (χ0v) is 10.2. The minimum absolute atomic E-state index is 0.265. The molecule has 0 amide bonds. The van der Waals surface area contributed by atoms with E-state index in [-0.39, 0.29) is 5.41 Å². The highest BCUT2D eigenvalue weighted by Crippen LogP contribution is 2.19. The summed E-state index contributed by atoms with van der Waals surface area (Å²) in [7, 11) is 0. The lowest BCUT2D eigenvalue weighted by Gasteiger charge is -2.23. The van der Waals surface area contributed by atoms with Gasteiger partial charge in [-0.15, -0.1) is 0 Å². The van der Waals surface area contributed by atoms with Crippen LogP contribution in [0.25, 0.3) is 0 Å². The van der Waals surface area contributed by atoms with Gasteiger partial charge in [0.1, 0.15) is 5.75 Å². The molecule has 82 valence electrons. The largest absolute Gasteiger partial charge is 0.493 e.